The first kappa shape index (κ1) is 22.3. The zero-order chi connectivity index (χ0) is 23.2. The molecule has 0 aliphatic heterocycles. The standard InChI is InChI=1S/C28H28N2O3/c1-20(23-16-10-11-17-24(23)32-3)30(2)26(31)19-18-25-29-27(21-12-6-4-7-13-21)28(33-25)22-14-8-5-9-15-22/h4-17,20H,18-19H2,1-3H3. The van der Waals surface area contributed by atoms with E-state index in [1.807, 2.05) is 98.9 Å². The summed E-state index contributed by atoms with van der Waals surface area (Å²) in [4.78, 5) is 19.5. The van der Waals surface area contributed by atoms with Crippen LogP contribution in [0.3, 0.4) is 0 Å². The molecule has 0 radical (unpaired) electrons. The summed E-state index contributed by atoms with van der Waals surface area (Å²) in [5.41, 5.74) is 3.72. The van der Waals surface area contributed by atoms with Crippen LogP contribution < -0.4 is 4.74 Å². The van der Waals surface area contributed by atoms with Gasteiger partial charge >= 0.3 is 0 Å². The maximum absolute atomic E-state index is 13.0. The van der Waals surface area contributed by atoms with Crippen LogP contribution in [0.1, 0.15) is 30.8 Å². The average molecular weight is 441 g/mol. The number of oxazole rings is 1. The number of benzene rings is 3. The Kier molecular flexibility index (Phi) is 6.89. The van der Waals surface area contributed by atoms with E-state index in [1.54, 1.807) is 12.0 Å². The van der Waals surface area contributed by atoms with Gasteiger partial charge < -0.3 is 14.1 Å². The highest BCUT2D eigenvalue weighted by atomic mass is 16.5. The number of ether oxygens (including phenoxy) is 1. The molecule has 0 bridgehead atoms. The third-order valence-electron chi connectivity index (χ3n) is 5.87. The van der Waals surface area contributed by atoms with Gasteiger partial charge in [0.2, 0.25) is 5.91 Å². The van der Waals surface area contributed by atoms with Crippen LogP contribution >= 0.6 is 0 Å². The maximum Gasteiger partial charge on any atom is 0.223 e. The fourth-order valence-electron chi connectivity index (χ4n) is 3.87. The van der Waals surface area contributed by atoms with E-state index in [-0.39, 0.29) is 11.9 Å². The highest BCUT2D eigenvalue weighted by Crippen LogP contribution is 2.33. The normalized spacial score (nSPS) is 11.7. The van der Waals surface area contributed by atoms with Gasteiger partial charge in [0, 0.05) is 36.6 Å². The lowest BCUT2D eigenvalue weighted by molar-refractivity contribution is -0.131. The summed E-state index contributed by atoms with van der Waals surface area (Å²) in [5, 5.41) is 0. The molecule has 4 rings (SSSR count). The summed E-state index contributed by atoms with van der Waals surface area (Å²) in [5.74, 6) is 2.07. The van der Waals surface area contributed by atoms with Crippen LogP contribution in [0.15, 0.2) is 89.3 Å². The van der Waals surface area contributed by atoms with Crippen molar-refractivity contribution in [3.8, 4) is 28.3 Å². The topological polar surface area (TPSA) is 55.6 Å². The van der Waals surface area contributed by atoms with Crippen molar-refractivity contribution in [2.24, 2.45) is 0 Å². The van der Waals surface area contributed by atoms with Gasteiger partial charge in [-0.2, -0.15) is 0 Å². The van der Waals surface area contributed by atoms with Crippen molar-refractivity contribution in [3.63, 3.8) is 0 Å². The van der Waals surface area contributed by atoms with Gasteiger partial charge in [0.1, 0.15) is 11.4 Å². The Bertz CT molecular complexity index is 1150. The molecule has 5 nitrogen and oxygen atoms in total. The minimum atomic E-state index is -0.113. The number of aromatic nitrogens is 1. The molecule has 1 heterocycles. The number of amides is 1. The van der Waals surface area contributed by atoms with Crippen LogP contribution in [-0.4, -0.2) is 29.9 Å². The Labute approximate surface area is 194 Å². The van der Waals surface area contributed by atoms with E-state index in [9.17, 15) is 4.79 Å². The van der Waals surface area contributed by atoms with E-state index in [2.05, 4.69) is 0 Å². The Hall–Kier alpha value is -3.86. The van der Waals surface area contributed by atoms with Gasteiger partial charge in [-0.25, -0.2) is 4.98 Å². The van der Waals surface area contributed by atoms with Crippen LogP contribution in [0, 0.1) is 0 Å². The van der Waals surface area contributed by atoms with Crippen molar-refractivity contribution in [3.05, 3.63) is 96.4 Å². The summed E-state index contributed by atoms with van der Waals surface area (Å²) >= 11 is 0. The van der Waals surface area contributed by atoms with Gasteiger partial charge in [0.25, 0.3) is 0 Å². The third kappa shape index (κ3) is 4.98. The molecule has 168 valence electrons. The minimum Gasteiger partial charge on any atom is -0.496 e. The molecule has 5 heteroatoms. The van der Waals surface area contributed by atoms with Gasteiger partial charge in [-0.05, 0) is 13.0 Å². The molecule has 4 aromatic rings. The molecule has 33 heavy (non-hydrogen) atoms. The number of nitrogens with zero attached hydrogens (tertiary/aromatic N) is 2. The molecule has 0 fully saturated rings. The SMILES string of the molecule is COc1ccccc1C(C)N(C)C(=O)CCc1nc(-c2ccccc2)c(-c2ccccc2)o1. The first-order chi connectivity index (χ1) is 16.1. The van der Waals surface area contributed by atoms with E-state index in [1.165, 1.54) is 0 Å². The number of hydrogen-bond donors (Lipinski definition) is 0. The van der Waals surface area contributed by atoms with Crippen LogP contribution in [0.4, 0.5) is 0 Å². The van der Waals surface area contributed by atoms with Crippen molar-refractivity contribution in [2.75, 3.05) is 14.2 Å². The third-order valence-corrected chi connectivity index (χ3v) is 5.87. The molecule has 0 N–H and O–H groups in total. The summed E-state index contributed by atoms with van der Waals surface area (Å²) in [7, 11) is 3.46. The van der Waals surface area contributed by atoms with Gasteiger partial charge in [-0.3, -0.25) is 4.79 Å². The number of carbonyl (C=O) groups excluding carboxylic acids is 1. The van der Waals surface area contributed by atoms with Gasteiger partial charge in [0.15, 0.2) is 11.7 Å². The van der Waals surface area contributed by atoms with E-state index in [0.29, 0.717) is 18.7 Å². The molecule has 0 saturated heterocycles. The summed E-state index contributed by atoms with van der Waals surface area (Å²) in [6.45, 7) is 2.00. The number of rotatable bonds is 8. The Balaban J connectivity index is 1.52. The Morgan fingerprint density at radius 2 is 1.55 bits per heavy atom. The van der Waals surface area contributed by atoms with Crippen molar-refractivity contribution in [2.45, 2.75) is 25.8 Å². The number of methoxy groups -OCH3 is 1. The largest absolute Gasteiger partial charge is 0.496 e. The molecule has 1 aromatic heterocycles. The molecule has 3 aromatic carbocycles. The lowest BCUT2D eigenvalue weighted by atomic mass is 10.1. The van der Waals surface area contributed by atoms with Crippen LogP contribution in [0.2, 0.25) is 0 Å². The van der Waals surface area contributed by atoms with Crippen molar-refractivity contribution in [1.29, 1.82) is 0 Å². The average Bonchev–Trinajstić information content (AvgIpc) is 3.31. The van der Waals surface area contributed by atoms with Crippen LogP contribution in [0.25, 0.3) is 22.6 Å². The van der Waals surface area contributed by atoms with Gasteiger partial charge in [-0.1, -0.05) is 78.9 Å². The quantitative estimate of drug-likeness (QED) is 0.329. The maximum atomic E-state index is 13.0. The molecule has 0 spiro atoms. The first-order valence-electron chi connectivity index (χ1n) is 11.1. The molecule has 0 aliphatic carbocycles. The summed E-state index contributed by atoms with van der Waals surface area (Å²) in [6, 6.07) is 27.6. The summed E-state index contributed by atoms with van der Waals surface area (Å²) in [6.07, 6.45) is 0.730. The van der Waals surface area contributed by atoms with Crippen molar-refractivity contribution in [1.82, 2.24) is 9.88 Å². The zero-order valence-electron chi connectivity index (χ0n) is 19.2. The van der Waals surface area contributed by atoms with E-state index < -0.39 is 0 Å². The highest BCUT2D eigenvalue weighted by molar-refractivity contribution is 5.78. The van der Waals surface area contributed by atoms with E-state index in [0.717, 1.165) is 33.9 Å². The number of hydrogen-bond acceptors (Lipinski definition) is 4. The number of carbonyl (C=O) groups is 1. The fourth-order valence-corrected chi connectivity index (χ4v) is 3.87. The van der Waals surface area contributed by atoms with E-state index in [4.69, 9.17) is 14.1 Å². The zero-order valence-corrected chi connectivity index (χ0v) is 19.2. The Morgan fingerprint density at radius 3 is 2.21 bits per heavy atom. The number of para-hydroxylation sites is 1. The van der Waals surface area contributed by atoms with Gasteiger partial charge in [-0.15, -0.1) is 0 Å². The second-order valence-corrected chi connectivity index (χ2v) is 7.94. The molecular formula is C28H28N2O3. The highest BCUT2D eigenvalue weighted by Gasteiger charge is 2.22. The fraction of sp³-hybridized carbons (Fsp3) is 0.214. The second-order valence-electron chi connectivity index (χ2n) is 7.94. The van der Waals surface area contributed by atoms with Crippen LogP contribution in [0.5, 0.6) is 5.75 Å². The molecule has 0 saturated carbocycles. The monoisotopic (exact) mass is 440 g/mol. The molecule has 1 unspecified atom stereocenters. The molecular weight excluding hydrogens is 412 g/mol. The van der Waals surface area contributed by atoms with E-state index >= 15 is 0 Å². The molecule has 1 atom stereocenters. The first-order valence-corrected chi connectivity index (χ1v) is 11.1. The predicted molar refractivity (Wildman–Crippen MR) is 130 cm³/mol. The number of aryl methyl sites for hydroxylation is 1. The minimum absolute atomic E-state index is 0.0223. The molecule has 1 amide bonds. The van der Waals surface area contributed by atoms with Gasteiger partial charge in [0.05, 0.1) is 13.2 Å². The Morgan fingerprint density at radius 1 is 0.939 bits per heavy atom. The van der Waals surface area contributed by atoms with Crippen molar-refractivity contribution < 1.29 is 13.9 Å². The summed E-state index contributed by atoms with van der Waals surface area (Å²) < 4.78 is 11.6. The lowest BCUT2D eigenvalue weighted by Crippen LogP contribution is -2.30. The smallest absolute Gasteiger partial charge is 0.223 e. The molecule has 0 aliphatic rings. The van der Waals surface area contributed by atoms with Crippen molar-refractivity contribution >= 4 is 5.91 Å². The predicted octanol–water partition coefficient (Wildman–Crippen LogP) is 6.17. The van der Waals surface area contributed by atoms with Crippen LogP contribution in [-0.2, 0) is 11.2 Å². The lowest BCUT2D eigenvalue weighted by Gasteiger charge is -2.26. The second kappa shape index (κ2) is 10.2.